The minimum atomic E-state index is -0.677. The Morgan fingerprint density at radius 1 is 1.19 bits per heavy atom. The van der Waals surface area contributed by atoms with E-state index in [2.05, 4.69) is 10.6 Å². The van der Waals surface area contributed by atoms with Gasteiger partial charge in [-0.15, -0.1) is 23.1 Å². The van der Waals surface area contributed by atoms with Gasteiger partial charge >= 0.3 is 12.0 Å². The van der Waals surface area contributed by atoms with Gasteiger partial charge in [0, 0.05) is 16.3 Å². The number of hydrogen-bond acceptors (Lipinski definition) is 6. The number of amides is 3. The first-order valence-corrected chi connectivity index (χ1v) is 9.91. The molecule has 0 aliphatic rings. The molecule has 26 heavy (non-hydrogen) atoms. The number of hydrogen-bond donors (Lipinski definition) is 2. The van der Waals surface area contributed by atoms with Crippen molar-refractivity contribution in [1.29, 1.82) is 0 Å². The van der Waals surface area contributed by atoms with Crippen molar-refractivity contribution in [3.63, 3.8) is 0 Å². The number of benzene rings is 1. The van der Waals surface area contributed by atoms with Crippen LogP contribution < -0.4 is 10.6 Å². The van der Waals surface area contributed by atoms with Crippen LogP contribution >= 0.6 is 23.1 Å². The number of thiophene rings is 1. The number of carbonyl (C=O) groups is 3. The minimum absolute atomic E-state index is 0.153. The van der Waals surface area contributed by atoms with Crippen molar-refractivity contribution in [2.75, 3.05) is 17.7 Å². The maximum absolute atomic E-state index is 11.8. The first kappa shape index (κ1) is 20.0. The Hall–Kier alpha value is -2.32. The van der Waals surface area contributed by atoms with E-state index in [1.807, 2.05) is 43.5 Å². The molecule has 2 aromatic rings. The van der Waals surface area contributed by atoms with Crippen molar-refractivity contribution in [2.24, 2.45) is 0 Å². The molecule has 138 valence electrons. The van der Waals surface area contributed by atoms with E-state index in [0.29, 0.717) is 5.69 Å². The molecule has 0 saturated carbocycles. The number of imide groups is 1. The van der Waals surface area contributed by atoms with Gasteiger partial charge in [-0.05, 0) is 36.9 Å². The first-order valence-electron chi connectivity index (χ1n) is 7.88. The van der Waals surface area contributed by atoms with E-state index >= 15 is 0 Å². The van der Waals surface area contributed by atoms with E-state index < -0.39 is 24.5 Å². The summed E-state index contributed by atoms with van der Waals surface area (Å²) >= 11 is 3.03. The molecule has 0 unspecified atom stereocenters. The van der Waals surface area contributed by atoms with E-state index in [4.69, 9.17) is 4.74 Å². The SMILES string of the molecule is Cc1ccc(NC(=O)NC(=O)COC(=O)CSCc2cccs2)c(C)c1. The average molecular weight is 393 g/mol. The molecule has 6 nitrogen and oxygen atoms in total. The van der Waals surface area contributed by atoms with Crippen LogP contribution in [0.15, 0.2) is 35.7 Å². The van der Waals surface area contributed by atoms with Gasteiger partial charge in [-0.3, -0.25) is 14.9 Å². The Balaban J connectivity index is 1.65. The summed E-state index contributed by atoms with van der Waals surface area (Å²) in [6.07, 6.45) is 0. The average Bonchev–Trinajstić information content (AvgIpc) is 3.09. The van der Waals surface area contributed by atoms with Crippen molar-refractivity contribution in [1.82, 2.24) is 5.32 Å². The molecule has 2 rings (SSSR count). The van der Waals surface area contributed by atoms with Gasteiger partial charge in [-0.1, -0.05) is 23.8 Å². The number of urea groups is 1. The van der Waals surface area contributed by atoms with Gasteiger partial charge in [-0.2, -0.15) is 0 Å². The molecule has 0 atom stereocenters. The summed E-state index contributed by atoms with van der Waals surface area (Å²) < 4.78 is 4.87. The topological polar surface area (TPSA) is 84.5 Å². The summed E-state index contributed by atoms with van der Waals surface area (Å²) in [5.41, 5.74) is 2.58. The zero-order valence-corrected chi connectivity index (χ0v) is 16.2. The molecular formula is C18H20N2O4S2. The fraction of sp³-hybridized carbons (Fsp3) is 0.278. The van der Waals surface area contributed by atoms with Gasteiger partial charge in [-0.25, -0.2) is 4.79 Å². The number of aryl methyl sites for hydroxylation is 2. The highest BCUT2D eigenvalue weighted by atomic mass is 32.2. The molecule has 0 bridgehead atoms. The minimum Gasteiger partial charge on any atom is -0.455 e. The summed E-state index contributed by atoms with van der Waals surface area (Å²) in [7, 11) is 0. The lowest BCUT2D eigenvalue weighted by Crippen LogP contribution is -2.37. The van der Waals surface area contributed by atoms with Gasteiger partial charge < -0.3 is 10.1 Å². The molecule has 8 heteroatoms. The third-order valence-electron chi connectivity index (χ3n) is 3.29. The van der Waals surface area contributed by atoms with E-state index in [1.54, 1.807) is 17.4 Å². The second-order valence-electron chi connectivity index (χ2n) is 5.55. The number of anilines is 1. The van der Waals surface area contributed by atoms with Crippen LogP contribution in [0.4, 0.5) is 10.5 Å². The number of rotatable bonds is 7. The summed E-state index contributed by atoms with van der Waals surface area (Å²) in [6, 6.07) is 8.83. The molecule has 0 radical (unpaired) electrons. The zero-order chi connectivity index (χ0) is 18.9. The van der Waals surface area contributed by atoms with Crippen molar-refractivity contribution in [3.8, 4) is 0 Å². The Kier molecular flexibility index (Phi) is 7.68. The van der Waals surface area contributed by atoms with Crippen molar-refractivity contribution >= 4 is 46.7 Å². The summed E-state index contributed by atoms with van der Waals surface area (Å²) in [5, 5.41) is 6.70. The predicted molar refractivity (Wildman–Crippen MR) is 105 cm³/mol. The second kappa shape index (κ2) is 9.98. The van der Waals surface area contributed by atoms with Crippen LogP contribution in [0.3, 0.4) is 0 Å². The number of nitrogens with one attached hydrogen (secondary N) is 2. The lowest BCUT2D eigenvalue weighted by atomic mass is 10.1. The first-order chi connectivity index (χ1) is 12.4. The fourth-order valence-electron chi connectivity index (χ4n) is 2.09. The monoisotopic (exact) mass is 392 g/mol. The van der Waals surface area contributed by atoms with Gasteiger partial charge in [0.15, 0.2) is 6.61 Å². The maximum atomic E-state index is 11.8. The largest absolute Gasteiger partial charge is 0.455 e. The van der Waals surface area contributed by atoms with Crippen molar-refractivity contribution < 1.29 is 19.1 Å². The molecular weight excluding hydrogens is 372 g/mol. The maximum Gasteiger partial charge on any atom is 0.325 e. The second-order valence-corrected chi connectivity index (χ2v) is 7.57. The standard InChI is InChI=1S/C18H20N2O4S2/c1-12-5-6-15(13(2)8-12)19-18(23)20-16(21)9-24-17(22)11-25-10-14-4-3-7-26-14/h3-8H,9-11H2,1-2H3,(H2,19,20,21,23). The summed E-state index contributed by atoms with van der Waals surface area (Å²) in [5.74, 6) is -0.294. The molecule has 0 aliphatic carbocycles. The predicted octanol–water partition coefficient (Wildman–Crippen LogP) is 3.49. The van der Waals surface area contributed by atoms with Gasteiger partial charge in [0.05, 0.1) is 5.75 Å². The summed E-state index contributed by atoms with van der Waals surface area (Å²) in [4.78, 5) is 36.3. The molecule has 3 amide bonds. The third-order valence-corrected chi connectivity index (χ3v) is 5.31. The lowest BCUT2D eigenvalue weighted by Gasteiger charge is -2.10. The molecule has 2 N–H and O–H groups in total. The van der Waals surface area contributed by atoms with Gasteiger partial charge in [0.25, 0.3) is 5.91 Å². The van der Waals surface area contributed by atoms with Gasteiger partial charge in [0.2, 0.25) is 0 Å². The van der Waals surface area contributed by atoms with Crippen LogP contribution in [0.1, 0.15) is 16.0 Å². The van der Waals surface area contributed by atoms with Crippen LogP contribution in [0.5, 0.6) is 0 Å². The van der Waals surface area contributed by atoms with Crippen LogP contribution in [0.25, 0.3) is 0 Å². The highest BCUT2D eigenvalue weighted by molar-refractivity contribution is 7.99. The molecule has 1 aromatic heterocycles. The van der Waals surface area contributed by atoms with Crippen LogP contribution in [0.2, 0.25) is 0 Å². The van der Waals surface area contributed by atoms with E-state index in [1.165, 1.54) is 16.6 Å². The molecule has 1 aromatic carbocycles. The molecule has 0 fully saturated rings. The number of thioether (sulfide) groups is 1. The van der Waals surface area contributed by atoms with Crippen molar-refractivity contribution in [3.05, 3.63) is 51.7 Å². The number of ether oxygens (including phenoxy) is 1. The quantitative estimate of drug-likeness (QED) is 0.705. The molecule has 0 saturated heterocycles. The highest BCUT2D eigenvalue weighted by Crippen LogP contribution is 2.17. The number of esters is 1. The molecule has 0 aliphatic heterocycles. The van der Waals surface area contributed by atoms with Crippen LogP contribution in [-0.4, -0.2) is 30.3 Å². The smallest absolute Gasteiger partial charge is 0.325 e. The Labute approximate surface area is 160 Å². The summed E-state index contributed by atoms with van der Waals surface area (Å²) in [6.45, 7) is 3.33. The Bertz CT molecular complexity index is 776. The molecule has 1 heterocycles. The van der Waals surface area contributed by atoms with Crippen molar-refractivity contribution in [2.45, 2.75) is 19.6 Å². The molecule has 0 spiro atoms. The zero-order valence-electron chi connectivity index (χ0n) is 14.5. The van der Waals surface area contributed by atoms with E-state index in [0.717, 1.165) is 16.9 Å². The fourth-order valence-corrected chi connectivity index (χ4v) is 3.75. The van der Waals surface area contributed by atoms with Gasteiger partial charge in [0.1, 0.15) is 0 Å². The highest BCUT2D eigenvalue weighted by Gasteiger charge is 2.12. The Morgan fingerprint density at radius 2 is 2.00 bits per heavy atom. The number of carbonyl (C=O) groups excluding carboxylic acids is 3. The van der Waals surface area contributed by atoms with E-state index in [9.17, 15) is 14.4 Å². The van der Waals surface area contributed by atoms with E-state index in [-0.39, 0.29) is 5.75 Å². The lowest BCUT2D eigenvalue weighted by molar-refractivity contribution is -0.145. The normalized spacial score (nSPS) is 10.2. The van der Waals surface area contributed by atoms with Crippen LogP contribution in [-0.2, 0) is 20.1 Å². The third kappa shape index (κ3) is 6.89. The van der Waals surface area contributed by atoms with Crippen LogP contribution in [0, 0.1) is 13.8 Å². The Morgan fingerprint density at radius 3 is 2.69 bits per heavy atom.